The van der Waals surface area contributed by atoms with Gasteiger partial charge in [-0.1, -0.05) is 18.2 Å². The zero-order chi connectivity index (χ0) is 12.7. The summed E-state index contributed by atoms with van der Waals surface area (Å²) < 4.78 is 26.1. The quantitative estimate of drug-likeness (QED) is 0.579. The molecule has 0 amide bonds. The number of rotatable bonds is 6. The predicted octanol–water partition coefficient (Wildman–Crippen LogP) is 2.42. The van der Waals surface area contributed by atoms with Crippen LogP contribution in [0.25, 0.3) is 0 Å². The summed E-state index contributed by atoms with van der Waals surface area (Å²) in [4.78, 5) is 11.2. The van der Waals surface area contributed by atoms with Crippen LogP contribution in [0.3, 0.4) is 0 Å². The number of carbonyl (C=O) groups is 1. The first-order valence-corrected chi connectivity index (χ1v) is 6.46. The standard InChI is InChI=1S/C11H15O5P/c1-3-14-11(12)9(2)15-17(13)16-10-7-5-4-6-8-10/h4-9,17H,3H2,1-2H3/t9-/m0/s1. The Kier molecular flexibility index (Phi) is 5.73. The van der Waals surface area contributed by atoms with Gasteiger partial charge in [-0.15, -0.1) is 0 Å². The van der Waals surface area contributed by atoms with Crippen LogP contribution in [-0.2, 0) is 18.6 Å². The minimum Gasteiger partial charge on any atom is -0.464 e. The minimum absolute atomic E-state index is 0.257. The van der Waals surface area contributed by atoms with E-state index in [1.807, 2.05) is 6.07 Å². The summed E-state index contributed by atoms with van der Waals surface area (Å²) in [6.45, 7) is 3.41. The molecule has 0 spiro atoms. The second-order valence-corrected chi connectivity index (χ2v) is 4.12. The van der Waals surface area contributed by atoms with Gasteiger partial charge in [-0.05, 0) is 26.0 Å². The minimum atomic E-state index is -2.75. The Morgan fingerprint density at radius 1 is 1.35 bits per heavy atom. The molecule has 1 aromatic rings. The molecule has 0 bridgehead atoms. The first-order chi connectivity index (χ1) is 8.13. The van der Waals surface area contributed by atoms with Gasteiger partial charge in [0, 0.05) is 0 Å². The van der Waals surface area contributed by atoms with E-state index in [0.717, 1.165) is 0 Å². The smallest absolute Gasteiger partial charge is 0.368 e. The largest absolute Gasteiger partial charge is 0.464 e. The van der Waals surface area contributed by atoms with Crippen LogP contribution < -0.4 is 4.52 Å². The van der Waals surface area contributed by atoms with Gasteiger partial charge < -0.3 is 9.26 Å². The molecule has 0 aliphatic heterocycles. The molecule has 1 aromatic carbocycles. The summed E-state index contributed by atoms with van der Waals surface area (Å²) in [7, 11) is -2.75. The van der Waals surface area contributed by atoms with Crippen molar-refractivity contribution in [1.82, 2.24) is 0 Å². The van der Waals surface area contributed by atoms with E-state index in [-0.39, 0.29) is 6.61 Å². The summed E-state index contributed by atoms with van der Waals surface area (Å²) in [5.41, 5.74) is 0. The zero-order valence-corrected chi connectivity index (χ0v) is 10.7. The van der Waals surface area contributed by atoms with Crippen molar-refractivity contribution in [2.24, 2.45) is 0 Å². The van der Waals surface area contributed by atoms with E-state index < -0.39 is 20.3 Å². The van der Waals surface area contributed by atoms with E-state index in [4.69, 9.17) is 13.8 Å². The summed E-state index contributed by atoms with van der Waals surface area (Å²) >= 11 is 0. The fraction of sp³-hybridized carbons (Fsp3) is 0.364. The first kappa shape index (κ1) is 13.7. The normalized spacial score (nSPS) is 13.8. The van der Waals surface area contributed by atoms with Crippen LogP contribution in [0.4, 0.5) is 0 Å². The maximum absolute atomic E-state index is 11.5. The summed E-state index contributed by atoms with van der Waals surface area (Å²) in [5.74, 6) is -0.116. The topological polar surface area (TPSA) is 61.8 Å². The molecule has 0 saturated heterocycles. The van der Waals surface area contributed by atoms with Crippen molar-refractivity contribution in [3.05, 3.63) is 30.3 Å². The lowest BCUT2D eigenvalue weighted by atomic mass is 10.3. The molecule has 0 heterocycles. The molecule has 1 rings (SSSR count). The molecule has 17 heavy (non-hydrogen) atoms. The van der Waals surface area contributed by atoms with Gasteiger partial charge >= 0.3 is 14.2 Å². The molecule has 0 fully saturated rings. The zero-order valence-electron chi connectivity index (χ0n) is 9.71. The molecule has 0 radical (unpaired) electrons. The highest BCUT2D eigenvalue weighted by Gasteiger charge is 2.18. The van der Waals surface area contributed by atoms with E-state index in [1.54, 1.807) is 31.2 Å². The molecule has 0 aliphatic carbocycles. The Hall–Kier alpha value is -1.32. The highest BCUT2D eigenvalue weighted by atomic mass is 31.1. The van der Waals surface area contributed by atoms with Crippen molar-refractivity contribution >= 4 is 14.2 Å². The van der Waals surface area contributed by atoms with Gasteiger partial charge in [-0.3, -0.25) is 4.52 Å². The molecule has 2 atom stereocenters. The van der Waals surface area contributed by atoms with Crippen molar-refractivity contribution in [3.8, 4) is 5.75 Å². The number of hydrogen-bond acceptors (Lipinski definition) is 5. The molecule has 6 heteroatoms. The monoisotopic (exact) mass is 258 g/mol. The van der Waals surface area contributed by atoms with Crippen molar-refractivity contribution in [3.63, 3.8) is 0 Å². The lowest BCUT2D eigenvalue weighted by molar-refractivity contribution is -0.150. The number of para-hydroxylation sites is 1. The maximum Gasteiger partial charge on any atom is 0.368 e. The van der Waals surface area contributed by atoms with Gasteiger partial charge in [-0.2, -0.15) is 0 Å². The highest BCUT2D eigenvalue weighted by molar-refractivity contribution is 7.33. The van der Waals surface area contributed by atoms with E-state index in [0.29, 0.717) is 5.75 Å². The fourth-order valence-corrected chi connectivity index (χ4v) is 1.82. The molecular weight excluding hydrogens is 243 g/mol. The van der Waals surface area contributed by atoms with Crippen molar-refractivity contribution in [2.75, 3.05) is 6.61 Å². The van der Waals surface area contributed by atoms with Crippen LogP contribution in [-0.4, -0.2) is 18.7 Å². The van der Waals surface area contributed by atoms with Crippen LogP contribution in [0.1, 0.15) is 13.8 Å². The average Bonchev–Trinajstić information content (AvgIpc) is 2.30. The predicted molar refractivity (Wildman–Crippen MR) is 63.3 cm³/mol. The Morgan fingerprint density at radius 2 is 2.00 bits per heavy atom. The van der Waals surface area contributed by atoms with E-state index in [1.165, 1.54) is 6.92 Å². The number of esters is 1. The SMILES string of the molecule is CCOC(=O)[C@H](C)O[PH](=O)Oc1ccccc1. The van der Waals surface area contributed by atoms with Crippen molar-refractivity contribution in [1.29, 1.82) is 0 Å². The second kappa shape index (κ2) is 7.09. The highest BCUT2D eigenvalue weighted by Crippen LogP contribution is 2.29. The van der Waals surface area contributed by atoms with E-state index >= 15 is 0 Å². The lowest BCUT2D eigenvalue weighted by Crippen LogP contribution is -2.21. The summed E-state index contributed by atoms with van der Waals surface area (Å²) in [5, 5.41) is 0. The van der Waals surface area contributed by atoms with Crippen molar-refractivity contribution < 1.29 is 23.1 Å². The lowest BCUT2D eigenvalue weighted by Gasteiger charge is -2.12. The van der Waals surface area contributed by atoms with E-state index in [2.05, 4.69) is 0 Å². The number of hydrogen-bond donors (Lipinski definition) is 0. The summed E-state index contributed by atoms with van der Waals surface area (Å²) in [6.07, 6.45) is -0.898. The van der Waals surface area contributed by atoms with Gasteiger partial charge in [0.2, 0.25) is 0 Å². The second-order valence-electron chi connectivity index (χ2n) is 3.18. The first-order valence-electron chi connectivity index (χ1n) is 5.23. The summed E-state index contributed by atoms with van der Waals surface area (Å²) in [6, 6.07) is 8.62. The molecule has 0 aromatic heterocycles. The molecule has 0 N–H and O–H groups in total. The third-order valence-electron chi connectivity index (χ3n) is 1.84. The van der Waals surface area contributed by atoms with Crippen LogP contribution >= 0.6 is 8.25 Å². The Balaban J connectivity index is 2.42. The third kappa shape index (κ3) is 5.02. The number of carbonyl (C=O) groups excluding carboxylic acids is 1. The van der Waals surface area contributed by atoms with Gasteiger partial charge in [0.25, 0.3) is 0 Å². The Labute approximate surface area is 101 Å². The van der Waals surface area contributed by atoms with Crippen LogP contribution in [0.5, 0.6) is 5.75 Å². The Bertz CT molecular complexity index is 379. The molecule has 1 unspecified atom stereocenters. The van der Waals surface area contributed by atoms with E-state index in [9.17, 15) is 9.36 Å². The van der Waals surface area contributed by atoms with Crippen LogP contribution in [0.15, 0.2) is 30.3 Å². The molecule has 0 aliphatic rings. The Morgan fingerprint density at radius 3 is 2.59 bits per heavy atom. The van der Waals surface area contributed by atoms with Gasteiger partial charge in [0.05, 0.1) is 6.61 Å². The maximum atomic E-state index is 11.5. The molecule has 94 valence electrons. The van der Waals surface area contributed by atoms with Crippen LogP contribution in [0, 0.1) is 0 Å². The van der Waals surface area contributed by atoms with Crippen LogP contribution in [0.2, 0.25) is 0 Å². The number of ether oxygens (including phenoxy) is 1. The molecular formula is C11H15O5P. The van der Waals surface area contributed by atoms with Crippen molar-refractivity contribution in [2.45, 2.75) is 20.0 Å². The average molecular weight is 258 g/mol. The molecule has 5 nitrogen and oxygen atoms in total. The van der Waals surface area contributed by atoms with Gasteiger partial charge in [0.15, 0.2) is 6.10 Å². The third-order valence-corrected chi connectivity index (χ3v) is 2.78. The fourth-order valence-electron chi connectivity index (χ4n) is 1.06. The van der Waals surface area contributed by atoms with Gasteiger partial charge in [0.1, 0.15) is 5.75 Å². The molecule has 0 saturated carbocycles. The van der Waals surface area contributed by atoms with Gasteiger partial charge in [-0.25, -0.2) is 9.36 Å². The number of benzene rings is 1.